The van der Waals surface area contributed by atoms with Crippen molar-refractivity contribution >= 4 is 48.7 Å². The van der Waals surface area contributed by atoms with Crippen LogP contribution in [0.4, 0.5) is 4.79 Å². The standard InChI is InChI=1S/C35H38IN7O9S2/c1-23(19-37-35(44)45)40-53(46,47)31-18-17-30(36)32(34-38-41-43(39-34)22-26-9-15-29(52-4)16-10-26)33(31)54(48,49)42(20-24-5-11-27(50-2)12-6-24)21-25-7-13-28(51-3)14-8-25/h5-18,23,37,40H,19-22H2,1-4H3,(H,44,45). The molecule has 0 saturated carbocycles. The summed E-state index contributed by atoms with van der Waals surface area (Å²) in [6, 6.07) is 22.5. The molecule has 54 heavy (non-hydrogen) atoms. The lowest BCUT2D eigenvalue weighted by Crippen LogP contribution is -2.42. The molecule has 1 amide bonds. The third-order valence-electron chi connectivity index (χ3n) is 8.07. The minimum atomic E-state index is -4.76. The molecule has 0 aliphatic carbocycles. The second-order valence-corrected chi connectivity index (χ2v) is 16.6. The van der Waals surface area contributed by atoms with Crippen LogP contribution in [0, 0.1) is 3.57 Å². The van der Waals surface area contributed by atoms with Crippen molar-refractivity contribution in [3.05, 3.63) is 105 Å². The van der Waals surface area contributed by atoms with Crippen molar-refractivity contribution in [2.75, 3.05) is 27.9 Å². The number of benzene rings is 4. The number of hydrogen-bond acceptors (Lipinski definition) is 11. The number of nitrogens with one attached hydrogen (secondary N) is 2. The van der Waals surface area contributed by atoms with E-state index in [-0.39, 0.29) is 37.6 Å². The molecule has 0 spiro atoms. The molecule has 0 fully saturated rings. The predicted molar refractivity (Wildman–Crippen MR) is 206 cm³/mol. The molecule has 1 heterocycles. The Labute approximate surface area is 326 Å². The average molecular weight is 892 g/mol. The van der Waals surface area contributed by atoms with Crippen LogP contribution in [0.15, 0.2) is 94.7 Å². The molecule has 1 atom stereocenters. The average Bonchev–Trinajstić information content (AvgIpc) is 3.62. The van der Waals surface area contributed by atoms with E-state index in [4.69, 9.17) is 19.3 Å². The summed E-state index contributed by atoms with van der Waals surface area (Å²) in [7, 11) is -4.80. The van der Waals surface area contributed by atoms with Gasteiger partial charge in [0.2, 0.25) is 25.9 Å². The molecule has 5 aromatic rings. The first-order valence-electron chi connectivity index (χ1n) is 16.2. The number of nitrogens with zero attached hydrogens (tertiary/aromatic N) is 5. The number of aromatic nitrogens is 4. The molecule has 4 aromatic carbocycles. The Morgan fingerprint density at radius 3 is 1.80 bits per heavy atom. The summed E-state index contributed by atoms with van der Waals surface area (Å²) in [4.78, 5) is 11.3. The summed E-state index contributed by atoms with van der Waals surface area (Å²) in [5.41, 5.74) is 1.92. The van der Waals surface area contributed by atoms with Crippen molar-refractivity contribution < 1.29 is 40.9 Å². The molecular weight excluding hydrogens is 853 g/mol. The Morgan fingerprint density at radius 2 is 1.31 bits per heavy atom. The van der Waals surface area contributed by atoms with E-state index >= 15 is 8.42 Å². The highest BCUT2D eigenvalue weighted by Gasteiger charge is 2.37. The number of hydrogen-bond donors (Lipinski definition) is 3. The summed E-state index contributed by atoms with van der Waals surface area (Å²) in [6.45, 7) is 1.02. The normalized spacial score (nSPS) is 12.3. The Bertz CT molecular complexity index is 2240. The van der Waals surface area contributed by atoms with Gasteiger partial charge in [-0.1, -0.05) is 36.4 Å². The lowest BCUT2D eigenvalue weighted by molar-refractivity contribution is 0.193. The Hall–Kier alpha value is -4.83. The Kier molecular flexibility index (Phi) is 13.1. The molecule has 0 bridgehead atoms. The molecular formula is C35H38IN7O9S2. The SMILES string of the molecule is COc1ccc(CN(Cc2ccc(OC)cc2)S(=O)(=O)c2c(S(=O)(=O)NC(C)CNC(=O)O)ccc(I)c2-c2nnn(Cc3ccc(OC)cc3)n2)cc1. The largest absolute Gasteiger partial charge is 0.497 e. The maximum Gasteiger partial charge on any atom is 0.404 e. The highest BCUT2D eigenvalue weighted by Crippen LogP contribution is 2.38. The molecule has 286 valence electrons. The van der Waals surface area contributed by atoms with Crippen LogP contribution in [-0.2, 0) is 39.7 Å². The van der Waals surface area contributed by atoms with Gasteiger partial charge in [0.15, 0.2) is 0 Å². The molecule has 1 unspecified atom stereocenters. The molecule has 5 rings (SSSR count). The number of amides is 1. The Balaban J connectivity index is 1.68. The molecule has 0 aliphatic heterocycles. The fourth-order valence-electron chi connectivity index (χ4n) is 5.35. The highest BCUT2D eigenvalue weighted by atomic mass is 127. The summed E-state index contributed by atoms with van der Waals surface area (Å²) < 4.78 is 78.6. The predicted octanol–water partition coefficient (Wildman–Crippen LogP) is 4.34. The van der Waals surface area contributed by atoms with E-state index < -0.39 is 42.0 Å². The van der Waals surface area contributed by atoms with E-state index in [1.54, 1.807) is 67.8 Å². The van der Waals surface area contributed by atoms with Crippen molar-refractivity contribution in [3.8, 4) is 28.6 Å². The first-order valence-corrected chi connectivity index (χ1v) is 20.2. The first kappa shape index (κ1) is 40.4. The van der Waals surface area contributed by atoms with Gasteiger partial charge in [-0.2, -0.15) is 9.10 Å². The van der Waals surface area contributed by atoms with Gasteiger partial charge in [0.1, 0.15) is 27.0 Å². The number of rotatable bonds is 17. The molecule has 0 saturated heterocycles. The van der Waals surface area contributed by atoms with Crippen LogP contribution in [0.25, 0.3) is 11.4 Å². The minimum Gasteiger partial charge on any atom is -0.497 e. The maximum atomic E-state index is 15.3. The molecule has 19 heteroatoms. The van der Waals surface area contributed by atoms with Crippen LogP contribution in [0.5, 0.6) is 17.2 Å². The van der Waals surface area contributed by atoms with Crippen molar-refractivity contribution in [3.63, 3.8) is 0 Å². The van der Waals surface area contributed by atoms with Crippen LogP contribution in [0.3, 0.4) is 0 Å². The van der Waals surface area contributed by atoms with E-state index in [0.717, 1.165) is 5.56 Å². The highest BCUT2D eigenvalue weighted by molar-refractivity contribution is 14.1. The van der Waals surface area contributed by atoms with Gasteiger partial charge in [0.05, 0.1) is 33.4 Å². The molecule has 16 nitrogen and oxygen atoms in total. The van der Waals surface area contributed by atoms with E-state index in [2.05, 4.69) is 25.4 Å². The first-order chi connectivity index (χ1) is 25.7. The van der Waals surface area contributed by atoms with Crippen LogP contribution in [-0.4, -0.2) is 86.5 Å². The fraction of sp³-hybridized carbons (Fsp3) is 0.257. The van der Waals surface area contributed by atoms with E-state index in [1.165, 1.54) is 42.4 Å². The second kappa shape index (κ2) is 17.5. The fourth-order valence-corrected chi connectivity index (χ4v) is 9.88. The second-order valence-electron chi connectivity index (χ2n) is 11.9. The summed E-state index contributed by atoms with van der Waals surface area (Å²) in [5, 5.41) is 24.1. The lowest BCUT2D eigenvalue weighted by Gasteiger charge is -2.26. The van der Waals surface area contributed by atoms with E-state index in [1.807, 2.05) is 34.7 Å². The third kappa shape index (κ3) is 9.82. The zero-order chi connectivity index (χ0) is 39.0. The van der Waals surface area contributed by atoms with Gasteiger partial charge in [0, 0.05) is 29.2 Å². The van der Waals surface area contributed by atoms with Crippen LogP contribution in [0.2, 0.25) is 0 Å². The van der Waals surface area contributed by atoms with Gasteiger partial charge in [-0.15, -0.1) is 10.2 Å². The van der Waals surface area contributed by atoms with Crippen LogP contribution in [0.1, 0.15) is 23.6 Å². The number of tetrazole rings is 1. The smallest absolute Gasteiger partial charge is 0.404 e. The van der Waals surface area contributed by atoms with E-state index in [9.17, 15) is 13.2 Å². The van der Waals surface area contributed by atoms with Crippen molar-refractivity contribution in [2.24, 2.45) is 0 Å². The van der Waals surface area contributed by atoms with Crippen LogP contribution < -0.4 is 24.2 Å². The van der Waals surface area contributed by atoms with Gasteiger partial charge < -0.3 is 24.6 Å². The summed E-state index contributed by atoms with van der Waals surface area (Å²) in [6.07, 6.45) is -1.35. The van der Waals surface area contributed by atoms with Crippen LogP contribution >= 0.6 is 22.6 Å². The lowest BCUT2D eigenvalue weighted by atomic mass is 10.2. The monoisotopic (exact) mass is 891 g/mol. The summed E-state index contributed by atoms with van der Waals surface area (Å²) >= 11 is 1.92. The Morgan fingerprint density at radius 1 is 0.815 bits per heavy atom. The maximum absolute atomic E-state index is 15.3. The minimum absolute atomic E-state index is 0.0785. The van der Waals surface area contributed by atoms with Gasteiger partial charge in [-0.25, -0.2) is 26.4 Å². The van der Waals surface area contributed by atoms with Crippen molar-refractivity contribution in [1.82, 2.24) is 34.6 Å². The van der Waals surface area contributed by atoms with Crippen molar-refractivity contribution in [2.45, 2.75) is 42.4 Å². The van der Waals surface area contributed by atoms with Crippen molar-refractivity contribution in [1.29, 1.82) is 0 Å². The number of halogens is 1. The number of ether oxygens (including phenoxy) is 3. The van der Waals surface area contributed by atoms with Gasteiger partial charge in [-0.3, -0.25) is 0 Å². The summed E-state index contributed by atoms with van der Waals surface area (Å²) in [5.74, 6) is 1.66. The number of methoxy groups -OCH3 is 3. The molecule has 0 radical (unpaired) electrons. The van der Waals surface area contributed by atoms with E-state index in [0.29, 0.717) is 31.9 Å². The molecule has 3 N–H and O–H groups in total. The molecule has 0 aliphatic rings. The number of carboxylic acid groups (broad SMARTS) is 1. The third-order valence-corrected chi connectivity index (χ3v) is 12.6. The van der Waals surface area contributed by atoms with Gasteiger partial charge in [0.25, 0.3) is 0 Å². The molecule has 1 aromatic heterocycles. The van der Waals surface area contributed by atoms with Gasteiger partial charge in [-0.05, 0) is 99.9 Å². The zero-order valence-electron chi connectivity index (χ0n) is 29.6. The topological polar surface area (TPSA) is 204 Å². The van der Waals surface area contributed by atoms with Gasteiger partial charge >= 0.3 is 6.09 Å². The zero-order valence-corrected chi connectivity index (χ0v) is 33.4. The number of carbonyl (C=O) groups is 1. The quantitative estimate of drug-likeness (QED) is 0.112. The number of sulfonamides is 2.